The zero-order chi connectivity index (χ0) is 15.2. The fraction of sp³-hybridized carbons (Fsp3) is 0.267. The Kier molecular flexibility index (Phi) is 4.69. The maximum atomic E-state index is 11.9. The van der Waals surface area contributed by atoms with Crippen molar-refractivity contribution in [3.63, 3.8) is 0 Å². The molecule has 6 heteroatoms. The molecular formula is C15H17N5O. The summed E-state index contributed by atoms with van der Waals surface area (Å²) in [6.07, 6.45) is 3.71. The first-order chi connectivity index (χ1) is 10.1. The van der Waals surface area contributed by atoms with E-state index in [-0.39, 0.29) is 12.5 Å². The van der Waals surface area contributed by atoms with Gasteiger partial charge in [0.15, 0.2) is 0 Å². The van der Waals surface area contributed by atoms with Crippen molar-refractivity contribution in [3.8, 4) is 6.07 Å². The van der Waals surface area contributed by atoms with Crippen LogP contribution < -0.4 is 5.32 Å². The number of hydrogen-bond donors (Lipinski definition) is 1. The first-order valence-corrected chi connectivity index (χ1v) is 6.53. The Hall–Kier alpha value is -2.65. The van der Waals surface area contributed by atoms with Crippen molar-refractivity contribution < 1.29 is 4.79 Å². The maximum Gasteiger partial charge on any atom is 0.238 e. The molecule has 21 heavy (non-hydrogen) atoms. The number of nitrogens with one attached hydrogen (secondary N) is 1. The first-order valence-electron chi connectivity index (χ1n) is 6.53. The maximum absolute atomic E-state index is 11.9. The second-order valence-corrected chi connectivity index (χ2v) is 4.93. The Morgan fingerprint density at radius 2 is 2.14 bits per heavy atom. The van der Waals surface area contributed by atoms with E-state index >= 15 is 0 Å². The van der Waals surface area contributed by atoms with E-state index in [1.54, 1.807) is 35.1 Å². The number of hydrogen-bond acceptors (Lipinski definition) is 4. The number of likely N-dealkylation sites (N-methyl/N-ethyl adjacent to an activating group) is 1. The number of nitriles is 1. The van der Waals surface area contributed by atoms with Gasteiger partial charge in [-0.05, 0) is 31.3 Å². The van der Waals surface area contributed by atoms with Crippen molar-refractivity contribution in [2.24, 2.45) is 7.05 Å². The van der Waals surface area contributed by atoms with Gasteiger partial charge in [0, 0.05) is 31.0 Å². The molecule has 0 unspecified atom stereocenters. The summed E-state index contributed by atoms with van der Waals surface area (Å²) < 4.78 is 1.74. The van der Waals surface area contributed by atoms with Crippen LogP contribution in [-0.2, 0) is 18.4 Å². The Bertz CT molecular complexity index is 653. The number of aryl methyl sites for hydroxylation is 1. The predicted octanol–water partition coefficient (Wildman–Crippen LogP) is 1.36. The molecule has 1 N–H and O–H groups in total. The summed E-state index contributed by atoms with van der Waals surface area (Å²) in [7, 11) is 3.74. The van der Waals surface area contributed by atoms with Gasteiger partial charge in [-0.1, -0.05) is 0 Å². The summed E-state index contributed by atoms with van der Waals surface area (Å²) in [5.74, 6) is -0.0916. The Labute approximate surface area is 123 Å². The molecule has 0 atom stereocenters. The number of benzene rings is 1. The molecule has 0 bridgehead atoms. The van der Waals surface area contributed by atoms with Crippen LogP contribution in [0.25, 0.3) is 0 Å². The molecule has 1 aromatic carbocycles. The van der Waals surface area contributed by atoms with Gasteiger partial charge < -0.3 is 5.32 Å². The molecular weight excluding hydrogens is 266 g/mol. The van der Waals surface area contributed by atoms with E-state index in [4.69, 9.17) is 5.26 Å². The Morgan fingerprint density at radius 3 is 2.71 bits per heavy atom. The lowest BCUT2D eigenvalue weighted by molar-refractivity contribution is -0.117. The highest BCUT2D eigenvalue weighted by Gasteiger charge is 2.08. The monoisotopic (exact) mass is 283 g/mol. The minimum atomic E-state index is -0.0916. The van der Waals surface area contributed by atoms with E-state index in [0.29, 0.717) is 17.8 Å². The average molecular weight is 283 g/mol. The van der Waals surface area contributed by atoms with Crippen molar-refractivity contribution in [2.75, 3.05) is 18.9 Å². The number of nitrogens with zero attached hydrogens (tertiary/aromatic N) is 4. The van der Waals surface area contributed by atoms with Crippen LogP contribution in [0.15, 0.2) is 36.7 Å². The van der Waals surface area contributed by atoms with Gasteiger partial charge in [0.25, 0.3) is 0 Å². The molecule has 108 valence electrons. The lowest BCUT2D eigenvalue weighted by Crippen LogP contribution is -2.29. The van der Waals surface area contributed by atoms with Gasteiger partial charge in [0.1, 0.15) is 0 Å². The molecule has 1 heterocycles. The first kappa shape index (κ1) is 14.8. The summed E-state index contributed by atoms with van der Waals surface area (Å²) in [6, 6.07) is 8.83. The van der Waals surface area contributed by atoms with Crippen LogP contribution >= 0.6 is 0 Å². The van der Waals surface area contributed by atoms with E-state index in [1.807, 2.05) is 31.3 Å². The number of anilines is 1. The number of aromatic nitrogens is 2. The third-order valence-corrected chi connectivity index (χ3v) is 2.92. The van der Waals surface area contributed by atoms with E-state index in [2.05, 4.69) is 10.4 Å². The van der Waals surface area contributed by atoms with Gasteiger partial charge in [-0.15, -0.1) is 0 Å². The van der Waals surface area contributed by atoms with Crippen LogP contribution in [0.4, 0.5) is 5.69 Å². The Morgan fingerprint density at radius 1 is 1.43 bits per heavy atom. The quantitative estimate of drug-likeness (QED) is 0.899. The SMILES string of the molecule is CN(CC(=O)Nc1ccc(C#N)cc1)Cc1cnn(C)c1. The highest BCUT2D eigenvalue weighted by Crippen LogP contribution is 2.09. The molecule has 0 aliphatic carbocycles. The largest absolute Gasteiger partial charge is 0.325 e. The standard InChI is InChI=1S/C15H17N5O/c1-19(9-13-8-17-20(2)10-13)11-15(21)18-14-5-3-12(7-16)4-6-14/h3-6,8,10H,9,11H2,1-2H3,(H,18,21). The smallest absolute Gasteiger partial charge is 0.238 e. The molecule has 1 amide bonds. The lowest BCUT2D eigenvalue weighted by Gasteiger charge is -2.15. The molecule has 6 nitrogen and oxygen atoms in total. The summed E-state index contributed by atoms with van der Waals surface area (Å²) in [4.78, 5) is 13.8. The third kappa shape index (κ3) is 4.44. The summed E-state index contributed by atoms with van der Waals surface area (Å²) in [5.41, 5.74) is 2.32. The van der Waals surface area contributed by atoms with Gasteiger partial charge in [-0.25, -0.2) is 0 Å². The predicted molar refractivity (Wildman–Crippen MR) is 79.3 cm³/mol. The fourth-order valence-corrected chi connectivity index (χ4v) is 1.99. The fourth-order valence-electron chi connectivity index (χ4n) is 1.99. The average Bonchev–Trinajstić information content (AvgIpc) is 2.84. The van der Waals surface area contributed by atoms with Gasteiger partial charge in [-0.3, -0.25) is 14.4 Å². The van der Waals surface area contributed by atoms with Crippen LogP contribution in [0.1, 0.15) is 11.1 Å². The summed E-state index contributed by atoms with van der Waals surface area (Å²) in [6.45, 7) is 0.948. The van der Waals surface area contributed by atoms with E-state index in [0.717, 1.165) is 5.56 Å². The molecule has 0 spiro atoms. The van der Waals surface area contributed by atoms with Crippen LogP contribution in [0, 0.1) is 11.3 Å². The molecule has 0 aliphatic rings. The molecule has 0 radical (unpaired) electrons. The molecule has 0 saturated carbocycles. The van der Waals surface area contributed by atoms with Gasteiger partial charge in [-0.2, -0.15) is 10.4 Å². The summed E-state index contributed by atoms with van der Waals surface area (Å²) in [5, 5.41) is 15.6. The van der Waals surface area contributed by atoms with E-state index < -0.39 is 0 Å². The Balaban J connectivity index is 1.84. The van der Waals surface area contributed by atoms with Gasteiger partial charge in [0.05, 0.1) is 24.4 Å². The number of carbonyl (C=O) groups is 1. The van der Waals surface area contributed by atoms with Crippen LogP contribution in [0.2, 0.25) is 0 Å². The van der Waals surface area contributed by atoms with Crippen LogP contribution in [-0.4, -0.2) is 34.2 Å². The lowest BCUT2D eigenvalue weighted by atomic mass is 10.2. The second-order valence-electron chi connectivity index (χ2n) is 4.93. The zero-order valence-corrected chi connectivity index (χ0v) is 12.1. The topological polar surface area (TPSA) is 74.0 Å². The third-order valence-electron chi connectivity index (χ3n) is 2.92. The van der Waals surface area contributed by atoms with Crippen molar-refractivity contribution in [1.82, 2.24) is 14.7 Å². The second kappa shape index (κ2) is 6.68. The van der Waals surface area contributed by atoms with Gasteiger partial charge in [0.2, 0.25) is 5.91 Å². The molecule has 0 aliphatic heterocycles. The minimum Gasteiger partial charge on any atom is -0.325 e. The highest BCUT2D eigenvalue weighted by molar-refractivity contribution is 5.92. The molecule has 1 aromatic heterocycles. The zero-order valence-electron chi connectivity index (χ0n) is 12.1. The minimum absolute atomic E-state index is 0.0916. The number of rotatable bonds is 5. The number of amides is 1. The summed E-state index contributed by atoms with van der Waals surface area (Å²) >= 11 is 0. The molecule has 2 rings (SSSR count). The molecule has 2 aromatic rings. The molecule has 0 saturated heterocycles. The highest BCUT2D eigenvalue weighted by atomic mass is 16.2. The van der Waals surface area contributed by atoms with Crippen molar-refractivity contribution in [3.05, 3.63) is 47.8 Å². The normalized spacial score (nSPS) is 10.4. The van der Waals surface area contributed by atoms with Crippen molar-refractivity contribution in [1.29, 1.82) is 5.26 Å². The van der Waals surface area contributed by atoms with Gasteiger partial charge >= 0.3 is 0 Å². The van der Waals surface area contributed by atoms with Crippen LogP contribution in [0.5, 0.6) is 0 Å². The van der Waals surface area contributed by atoms with Crippen molar-refractivity contribution in [2.45, 2.75) is 6.54 Å². The van der Waals surface area contributed by atoms with E-state index in [9.17, 15) is 4.79 Å². The number of carbonyl (C=O) groups excluding carboxylic acids is 1. The molecule has 0 fully saturated rings. The van der Waals surface area contributed by atoms with Crippen molar-refractivity contribution >= 4 is 11.6 Å². The van der Waals surface area contributed by atoms with E-state index in [1.165, 1.54) is 0 Å². The van der Waals surface area contributed by atoms with Crippen LogP contribution in [0.3, 0.4) is 0 Å².